The van der Waals surface area contributed by atoms with Gasteiger partial charge in [-0.3, -0.25) is 4.79 Å². The Bertz CT molecular complexity index is 952. The second-order valence-electron chi connectivity index (χ2n) is 5.78. The fourth-order valence-electron chi connectivity index (χ4n) is 2.98. The van der Waals surface area contributed by atoms with Crippen LogP contribution in [0.25, 0.3) is 11.3 Å². The molecule has 0 spiro atoms. The van der Waals surface area contributed by atoms with Gasteiger partial charge in [0, 0.05) is 30.8 Å². The van der Waals surface area contributed by atoms with Gasteiger partial charge in [-0.2, -0.15) is 0 Å². The summed E-state index contributed by atoms with van der Waals surface area (Å²) in [5, 5.41) is 3.78. The Morgan fingerprint density at radius 2 is 1.93 bits per heavy atom. The van der Waals surface area contributed by atoms with Crippen molar-refractivity contribution in [2.75, 3.05) is 6.61 Å². The van der Waals surface area contributed by atoms with E-state index in [1.807, 2.05) is 0 Å². The second-order valence-corrected chi connectivity index (χ2v) is 6.19. The van der Waals surface area contributed by atoms with Crippen LogP contribution in [0.2, 0.25) is 5.02 Å². The van der Waals surface area contributed by atoms with Gasteiger partial charge in [0.25, 0.3) is 5.56 Å². The monoisotopic (exact) mass is 400 g/mol. The van der Waals surface area contributed by atoms with Gasteiger partial charge in [-0.05, 0) is 19.9 Å². The number of benzene rings is 1. The third kappa shape index (κ3) is 3.59. The molecule has 1 aromatic carbocycles. The molecule has 0 saturated carbocycles. The Hall–Kier alpha value is -2.32. The summed E-state index contributed by atoms with van der Waals surface area (Å²) >= 11 is 6.03. The zero-order valence-electron chi connectivity index (χ0n) is 14.6. The molecule has 27 heavy (non-hydrogen) atoms. The molecular formula is C18H16ClF3N2O3. The predicted octanol–water partition coefficient (Wildman–Crippen LogP) is 4.09. The number of ether oxygens (including phenoxy) is 1. The number of nitrogens with zero attached hydrogens (tertiary/aromatic N) is 2. The predicted molar refractivity (Wildman–Crippen MR) is 94.3 cm³/mol. The number of aromatic nitrogens is 1. The van der Waals surface area contributed by atoms with Crippen LogP contribution in [-0.2, 0) is 16.1 Å². The molecule has 0 radical (unpaired) electrons. The minimum absolute atomic E-state index is 0.0820. The third-order valence-electron chi connectivity index (χ3n) is 4.11. The van der Waals surface area contributed by atoms with Crippen molar-refractivity contribution in [2.45, 2.75) is 33.1 Å². The zero-order valence-corrected chi connectivity index (χ0v) is 15.3. The number of oxime groups is 1. The van der Waals surface area contributed by atoms with Crippen molar-refractivity contribution in [1.82, 2.24) is 4.57 Å². The highest BCUT2D eigenvalue weighted by Crippen LogP contribution is 2.33. The van der Waals surface area contributed by atoms with Crippen LogP contribution >= 0.6 is 11.6 Å². The molecule has 3 rings (SSSR count). The highest BCUT2D eigenvalue weighted by atomic mass is 35.5. The first-order chi connectivity index (χ1) is 12.9. The molecule has 1 aromatic heterocycles. The van der Waals surface area contributed by atoms with Gasteiger partial charge >= 0.3 is 0 Å². The molecule has 9 heteroatoms. The van der Waals surface area contributed by atoms with Crippen LogP contribution < -0.4 is 5.56 Å². The lowest BCUT2D eigenvalue weighted by molar-refractivity contribution is -0.120. The first kappa shape index (κ1) is 19.4. The summed E-state index contributed by atoms with van der Waals surface area (Å²) in [4.78, 5) is 17.6. The maximum Gasteiger partial charge on any atom is 0.269 e. The van der Waals surface area contributed by atoms with Crippen LogP contribution in [0.15, 0.2) is 28.1 Å². The molecule has 0 aliphatic carbocycles. The zero-order chi connectivity index (χ0) is 19.7. The Kier molecular flexibility index (Phi) is 5.57. The fraction of sp³-hybridized carbons (Fsp3) is 0.333. The van der Waals surface area contributed by atoms with Crippen LogP contribution in [0.4, 0.5) is 13.2 Å². The molecular weight excluding hydrogens is 385 g/mol. The summed E-state index contributed by atoms with van der Waals surface area (Å²) < 4.78 is 48.8. The lowest BCUT2D eigenvalue weighted by Crippen LogP contribution is -2.25. The minimum Gasteiger partial charge on any atom is -0.363 e. The first-order valence-electron chi connectivity index (χ1n) is 8.30. The molecule has 1 aliphatic rings. The molecule has 144 valence electrons. The number of hydrogen-bond donors (Lipinski definition) is 0. The standard InChI is InChI=1S/C18H16ClF3N2O3/c1-3-24-17(16-12(21)5-9(20)6-13(16)22)10(7-11(19)18(24)25)14-8-15(26-4-2)27-23-14/h5-7,15H,3-4,8H2,1-2H3. The van der Waals surface area contributed by atoms with Gasteiger partial charge in [0.15, 0.2) is 0 Å². The van der Waals surface area contributed by atoms with Crippen LogP contribution in [0.3, 0.4) is 0 Å². The van der Waals surface area contributed by atoms with E-state index in [1.54, 1.807) is 13.8 Å². The van der Waals surface area contributed by atoms with Crippen LogP contribution in [0.1, 0.15) is 25.8 Å². The Labute approximate surface area is 158 Å². The van der Waals surface area contributed by atoms with Crippen molar-refractivity contribution in [3.05, 3.63) is 56.6 Å². The van der Waals surface area contributed by atoms with Gasteiger partial charge in [0.2, 0.25) is 6.29 Å². The van der Waals surface area contributed by atoms with Gasteiger partial charge in [-0.1, -0.05) is 16.8 Å². The summed E-state index contributed by atoms with van der Waals surface area (Å²) in [6.07, 6.45) is -0.453. The lowest BCUT2D eigenvalue weighted by atomic mass is 9.98. The Morgan fingerprint density at radius 3 is 2.52 bits per heavy atom. The maximum absolute atomic E-state index is 14.5. The summed E-state index contributed by atoms with van der Waals surface area (Å²) in [5.74, 6) is -3.34. The largest absolute Gasteiger partial charge is 0.363 e. The smallest absolute Gasteiger partial charge is 0.269 e. The summed E-state index contributed by atoms with van der Waals surface area (Å²) in [5.41, 5.74) is -0.711. The number of rotatable bonds is 5. The van der Waals surface area contributed by atoms with E-state index in [0.717, 1.165) is 4.57 Å². The SMILES string of the molecule is CCOC1CC(c2cc(Cl)c(=O)n(CC)c2-c2c(F)cc(F)cc2F)=NO1. The van der Waals surface area contributed by atoms with Crippen molar-refractivity contribution >= 4 is 17.3 Å². The quantitative estimate of drug-likeness (QED) is 0.759. The summed E-state index contributed by atoms with van der Waals surface area (Å²) in [6, 6.07) is 2.39. The van der Waals surface area contributed by atoms with E-state index >= 15 is 0 Å². The molecule has 0 amide bonds. The van der Waals surface area contributed by atoms with E-state index in [0.29, 0.717) is 24.5 Å². The van der Waals surface area contributed by atoms with Gasteiger partial charge in [0.05, 0.1) is 23.4 Å². The van der Waals surface area contributed by atoms with Crippen molar-refractivity contribution < 1.29 is 22.7 Å². The molecule has 1 unspecified atom stereocenters. The van der Waals surface area contributed by atoms with Crippen molar-refractivity contribution in [3.8, 4) is 11.3 Å². The van der Waals surface area contributed by atoms with Crippen LogP contribution in [0.5, 0.6) is 0 Å². The molecule has 5 nitrogen and oxygen atoms in total. The molecule has 2 aromatic rings. The second kappa shape index (κ2) is 7.74. The van der Waals surface area contributed by atoms with Gasteiger partial charge in [0.1, 0.15) is 22.5 Å². The normalized spacial score (nSPS) is 16.4. The highest BCUT2D eigenvalue weighted by molar-refractivity contribution is 6.31. The number of halogens is 4. The van der Waals surface area contributed by atoms with E-state index in [4.69, 9.17) is 21.2 Å². The van der Waals surface area contributed by atoms with Crippen molar-refractivity contribution in [1.29, 1.82) is 0 Å². The highest BCUT2D eigenvalue weighted by Gasteiger charge is 2.29. The maximum atomic E-state index is 14.5. The molecule has 2 heterocycles. The lowest BCUT2D eigenvalue weighted by Gasteiger charge is -2.18. The van der Waals surface area contributed by atoms with E-state index in [2.05, 4.69) is 5.16 Å². The average Bonchev–Trinajstić information content (AvgIpc) is 3.06. The minimum atomic E-state index is -1.14. The van der Waals surface area contributed by atoms with Crippen molar-refractivity contribution in [2.24, 2.45) is 5.16 Å². The number of hydrogen-bond acceptors (Lipinski definition) is 4. The molecule has 0 N–H and O–H groups in total. The Balaban J connectivity index is 2.27. The average molecular weight is 401 g/mol. The molecule has 0 saturated heterocycles. The summed E-state index contributed by atoms with van der Waals surface area (Å²) in [6.45, 7) is 3.88. The first-order valence-corrected chi connectivity index (χ1v) is 8.68. The fourth-order valence-corrected chi connectivity index (χ4v) is 3.19. The molecule has 1 atom stereocenters. The summed E-state index contributed by atoms with van der Waals surface area (Å²) in [7, 11) is 0. The Morgan fingerprint density at radius 1 is 1.26 bits per heavy atom. The topological polar surface area (TPSA) is 52.8 Å². The van der Waals surface area contributed by atoms with Crippen LogP contribution in [-0.4, -0.2) is 23.2 Å². The molecule has 1 aliphatic heterocycles. The molecule has 0 fully saturated rings. The van der Waals surface area contributed by atoms with E-state index in [1.165, 1.54) is 6.07 Å². The number of pyridine rings is 1. The van der Waals surface area contributed by atoms with Crippen LogP contribution in [0, 0.1) is 17.5 Å². The van der Waals surface area contributed by atoms with E-state index in [-0.39, 0.29) is 29.2 Å². The van der Waals surface area contributed by atoms with Gasteiger partial charge in [-0.15, -0.1) is 0 Å². The van der Waals surface area contributed by atoms with E-state index < -0.39 is 34.9 Å². The van der Waals surface area contributed by atoms with Crippen molar-refractivity contribution in [3.63, 3.8) is 0 Å². The third-order valence-corrected chi connectivity index (χ3v) is 4.38. The van der Waals surface area contributed by atoms with E-state index in [9.17, 15) is 18.0 Å². The van der Waals surface area contributed by atoms with Gasteiger partial charge in [-0.25, -0.2) is 13.2 Å². The van der Waals surface area contributed by atoms with Gasteiger partial charge < -0.3 is 14.1 Å². The molecule has 0 bridgehead atoms.